The topological polar surface area (TPSA) is 41.2 Å². The van der Waals surface area contributed by atoms with Crippen LogP contribution in [0.15, 0.2) is 48.8 Å². The number of rotatable bonds is 5. The minimum Gasteiger partial charge on any atom is -0.481 e. The highest BCUT2D eigenvalue weighted by Crippen LogP contribution is 2.29. The lowest BCUT2D eigenvalue weighted by atomic mass is 10.1. The highest BCUT2D eigenvalue weighted by atomic mass is 19.4. The monoisotopic (exact) mass is 322 g/mol. The van der Waals surface area contributed by atoms with Crippen LogP contribution in [0.2, 0.25) is 0 Å². The Labute approximate surface area is 131 Å². The number of alkyl halides is 3. The van der Waals surface area contributed by atoms with E-state index in [2.05, 4.69) is 0 Å². The number of aryl methyl sites for hydroxylation is 1. The van der Waals surface area contributed by atoms with Crippen molar-refractivity contribution < 1.29 is 27.6 Å². The first kappa shape index (κ1) is 16.7. The van der Waals surface area contributed by atoms with Crippen LogP contribution in [0.25, 0.3) is 12.2 Å². The molecule has 0 saturated carbocycles. The summed E-state index contributed by atoms with van der Waals surface area (Å²) in [6.07, 6.45) is 2.74. The van der Waals surface area contributed by atoms with Gasteiger partial charge in [-0.15, -0.1) is 0 Å². The zero-order chi connectivity index (χ0) is 16.9. The van der Waals surface area contributed by atoms with Gasteiger partial charge >= 0.3 is 12.1 Å². The molecule has 0 amide bonds. The Morgan fingerprint density at radius 2 is 1.52 bits per heavy atom. The highest BCUT2D eigenvalue weighted by molar-refractivity contribution is 5.69. The lowest BCUT2D eigenvalue weighted by molar-refractivity contribution is -0.696. The summed E-state index contributed by atoms with van der Waals surface area (Å²) in [6, 6.07) is 8.53. The highest BCUT2D eigenvalue weighted by Gasteiger charge is 2.29. The molecule has 0 radical (unpaired) electrons. The Bertz CT molecular complexity index is 689. The molecular weight excluding hydrogens is 307 g/mol. The minimum absolute atomic E-state index is 0.0470. The standard InChI is InChI=1S/C17H14F3NO2/c18-17(19,20)15-5-3-13(4-6-15)1-2-14-7-10-21(11-8-14)12-9-16(22)23/h1-8,10-11H,9,12H2/p+1/b2-1+. The summed E-state index contributed by atoms with van der Waals surface area (Å²) in [4.78, 5) is 10.5. The Morgan fingerprint density at radius 1 is 1.00 bits per heavy atom. The van der Waals surface area contributed by atoms with Crippen molar-refractivity contribution in [2.24, 2.45) is 0 Å². The van der Waals surface area contributed by atoms with Gasteiger partial charge in [0.1, 0.15) is 6.42 Å². The van der Waals surface area contributed by atoms with Crippen molar-refractivity contribution in [1.82, 2.24) is 0 Å². The second-order valence-corrected chi connectivity index (χ2v) is 4.97. The fraction of sp³-hybridized carbons (Fsp3) is 0.176. The Morgan fingerprint density at radius 3 is 2.00 bits per heavy atom. The average molecular weight is 322 g/mol. The smallest absolute Gasteiger partial charge is 0.416 e. The van der Waals surface area contributed by atoms with Crippen LogP contribution in [0, 0.1) is 0 Å². The molecule has 0 atom stereocenters. The number of benzene rings is 1. The third kappa shape index (κ3) is 5.25. The molecule has 1 aromatic carbocycles. The number of hydrogen-bond donors (Lipinski definition) is 1. The van der Waals surface area contributed by atoms with Gasteiger partial charge in [0.2, 0.25) is 0 Å². The summed E-state index contributed by atoms with van der Waals surface area (Å²) in [6.45, 7) is 0.387. The van der Waals surface area contributed by atoms with Crippen molar-refractivity contribution in [1.29, 1.82) is 0 Å². The number of aliphatic carboxylic acids is 1. The molecule has 0 fully saturated rings. The molecule has 3 nitrogen and oxygen atoms in total. The van der Waals surface area contributed by atoms with Crippen molar-refractivity contribution in [2.45, 2.75) is 19.1 Å². The molecule has 0 aliphatic carbocycles. The molecule has 0 bridgehead atoms. The molecule has 2 rings (SSSR count). The van der Waals surface area contributed by atoms with Gasteiger partial charge in [0.15, 0.2) is 18.9 Å². The Kier molecular flexibility index (Phi) is 5.16. The van der Waals surface area contributed by atoms with E-state index in [1.807, 2.05) is 12.1 Å². The van der Waals surface area contributed by atoms with Crippen molar-refractivity contribution in [3.05, 3.63) is 65.5 Å². The number of hydrogen-bond acceptors (Lipinski definition) is 1. The summed E-state index contributed by atoms with van der Waals surface area (Å²) in [7, 11) is 0. The largest absolute Gasteiger partial charge is 0.481 e. The van der Waals surface area contributed by atoms with E-state index in [1.54, 1.807) is 29.1 Å². The molecule has 0 saturated heterocycles. The van der Waals surface area contributed by atoms with E-state index >= 15 is 0 Å². The molecule has 0 spiro atoms. The lowest BCUT2D eigenvalue weighted by Crippen LogP contribution is -2.33. The summed E-state index contributed by atoms with van der Waals surface area (Å²) < 4.78 is 39.1. The molecule has 0 aliphatic rings. The van der Waals surface area contributed by atoms with E-state index in [4.69, 9.17) is 5.11 Å². The van der Waals surface area contributed by atoms with E-state index in [-0.39, 0.29) is 6.42 Å². The summed E-state index contributed by atoms with van der Waals surface area (Å²) in [5.74, 6) is -0.858. The van der Waals surface area contributed by atoms with Crippen molar-refractivity contribution >= 4 is 18.1 Å². The number of pyridine rings is 1. The number of nitrogens with zero attached hydrogens (tertiary/aromatic N) is 1. The van der Waals surface area contributed by atoms with E-state index in [0.29, 0.717) is 12.1 Å². The number of aromatic nitrogens is 1. The summed E-state index contributed by atoms with van der Waals surface area (Å²) >= 11 is 0. The number of halogens is 3. The van der Waals surface area contributed by atoms with Crippen LogP contribution in [-0.4, -0.2) is 11.1 Å². The maximum atomic E-state index is 12.5. The fourth-order valence-electron chi connectivity index (χ4n) is 1.93. The van der Waals surface area contributed by atoms with Gasteiger partial charge in [-0.3, -0.25) is 4.79 Å². The normalized spacial score (nSPS) is 11.8. The van der Waals surface area contributed by atoms with E-state index in [0.717, 1.165) is 17.7 Å². The number of carboxylic acid groups (broad SMARTS) is 1. The minimum atomic E-state index is -4.33. The van der Waals surface area contributed by atoms with Crippen LogP contribution in [-0.2, 0) is 17.5 Å². The fourth-order valence-corrected chi connectivity index (χ4v) is 1.93. The maximum absolute atomic E-state index is 12.5. The average Bonchev–Trinajstić information content (AvgIpc) is 2.51. The molecule has 120 valence electrons. The Hall–Kier alpha value is -2.63. The van der Waals surface area contributed by atoms with Crippen molar-refractivity contribution in [2.75, 3.05) is 0 Å². The first-order valence-corrected chi connectivity index (χ1v) is 6.91. The number of carboxylic acids is 1. The zero-order valence-electron chi connectivity index (χ0n) is 12.1. The predicted octanol–water partition coefficient (Wildman–Crippen LogP) is 3.64. The van der Waals surface area contributed by atoms with Gasteiger partial charge in [0.05, 0.1) is 5.56 Å². The third-order valence-electron chi connectivity index (χ3n) is 3.21. The van der Waals surface area contributed by atoms with Gasteiger partial charge in [-0.1, -0.05) is 24.3 Å². The maximum Gasteiger partial charge on any atom is 0.416 e. The second-order valence-electron chi connectivity index (χ2n) is 4.97. The van der Waals surface area contributed by atoms with E-state index in [9.17, 15) is 18.0 Å². The van der Waals surface area contributed by atoms with Gasteiger partial charge in [0, 0.05) is 12.1 Å². The summed E-state index contributed by atoms with van der Waals surface area (Å²) in [5, 5.41) is 8.61. The van der Waals surface area contributed by atoms with Crippen molar-refractivity contribution in [3.63, 3.8) is 0 Å². The summed E-state index contributed by atoms with van der Waals surface area (Å²) in [5.41, 5.74) is 0.867. The third-order valence-corrected chi connectivity index (χ3v) is 3.21. The van der Waals surface area contributed by atoms with Gasteiger partial charge in [-0.2, -0.15) is 13.2 Å². The van der Waals surface area contributed by atoms with Gasteiger partial charge < -0.3 is 5.11 Å². The lowest BCUT2D eigenvalue weighted by Gasteiger charge is -2.05. The molecular formula is C17H15F3NO2+. The van der Waals surface area contributed by atoms with Gasteiger partial charge in [-0.05, 0) is 23.3 Å². The molecule has 1 heterocycles. The van der Waals surface area contributed by atoms with Gasteiger partial charge in [-0.25, -0.2) is 4.57 Å². The van der Waals surface area contributed by atoms with E-state index in [1.165, 1.54) is 12.1 Å². The molecule has 1 aromatic heterocycles. The molecule has 1 N–H and O–H groups in total. The van der Waals surface area contributed by atoms with Crippen LogP contribution in [0.3, 0.4) is 0 Å². The first-order valence-electron chi connectivity index (χ1n) is 6.91. The van der Waals surface area contributed by atoms with Crippen molar-refractivity contribution in [3.8, 4) is 0 Å². The second kappa shape index (κ2) is 7.09. The molecule has 0 aliphatic heterocycles. The van der Waals surface area contributed by atoms with Crippen LogP contribution < -0.4 is 4.57 Å². The molecule has 2 aromatic rings. The SMILES string of the molecule is O=C(O)CC[n+]1ccc(/C=C/c2ccc(C(F)(F)F)cc2)cc1. The quantitative estimate of drug-likeness (QED) is 0.854. The van der Waals surface area contributed by atoms with Gasteiger partial charge in [0.25, 0.3) is 0 Å². The molecule has 23 heavy (non-hydrogen) atoms. The predicted molar refractivity (Wildman–Crippen MR) is 79.3 cm³/mol. The number of carbonyl (C=O) groups is 1. The van der Waals surface area contributed by atoms with E-state index < -0.39 is 17.7 Å². The van der Waals surface area contributed by atoms with Crippen LogP contribution in [0.1, 0.15) is 23.1 Å². The molecule has 0 unspecified atom stereocenters. The first-order chi connectivity index (χ1) is 10.8. The zero-order valence-corrected chi connectivity index (χ0v) is 12.1. The van der Waals surface area contributed by atoms with Crippen LogP contribution in [0.4, 0.5) is 13.2 Å². The van der Waals surface area contributed by atoms with Crippen LogP contribution in [0.5, 0.6) is 0 Å². The Balaban J connectivity index is 2.01. The molecule has 6 heteroatoms. The van der Waals surface area contributed by atoms with Crippen LogP contribution >= 0.6 is 0 Å².